The van der Waals surface area contributed by atoms with E-state index >= 15 is 0 Å². The lowest BCUT2D eigenvalue weighted by Crippen LogP contribution is -2.15. The zero-order valence-electron chi connectivity index (χ0n) is 42.5. The predicted molar refractivity (Wildman–Crippen MR) is 306 cm³/mol. The Morgan fingerprint density at radius 2 is 0.901 bits per heavy atom. The Bertz CT molecular complexity index is 3410. The van der Waals surface area contributed by atoms with E-state index in [-0.39, 0.29) is 5.41 Å². The van der Waals surface area contributed by atoms with Gasteiger partial charge in [-0.25, -0.2) is 0 Å². The zero-order valence-corrected chi connectivity index (χ0v) is 42.5. The number of fused-ring (bicyclic) bond motifs is 4. The summed E-state index contributed by atoms with van der Waals surface area (Å²) < 4.78 is 0. The highest BCUT2D eigenvalue weighted by Crippen LogP contribution is 2.50. The topological polar surface area (TPSA) is 0 Å². The van der Waals surface area contributed by atoms with E-state index in [1.54, 1.807) is 5.56 Å². The summed E-state index contributed by atoms with van der Waals surface area (Å²) in [7, 11) is 0. The van der Waals surface area contributed by atoms with Crippen molar-refractivity contribution in [3.63, 3.8) is 0 Å². The standard InChI is InChI=1S/C30H28.C22H20.C19H18/c1-21-13-15-23(16-14-21)24-17-19-25(20-18-24)28-11-6-12-29(30(28)26-8-5-9-26)27-10-4-3-7-22(27)2;1-15-9-11-18-19-12-10-17(16-7-5-4-6-8-16)14-21(19)22(2,3)20(18)13-15;1-2-6-15-11-13-17(14-12-15)19-10-5-8-16-7-3-4-9-18(16)19/h3-4,6-7,10-20,26H,5,8-9H2,1-2H3;4-14H,1-3H3;3-5,7-14H,2,6H2,1H3. The van der Waals surface area contributed by atoms with Crippen molar-refractivity contribution in [3.8, 4) is 66.8 Å². The molecule has 0 heteroatoms. The SMILES string of the molecule is CCCc1ccc(-c2cccc3ccccc23)cc1.Cc1ccc(-c2ccc(-c3cccc(-c4ccccc4C)c3C3CCC3)cc2)cc1.Cc1ccc2c(c1)C(C)(C)c1cc(-c3ccccc3)ccc1-2. The van der Waals surface area contributed by atoms with Crippen LogP contribution in [-0.4, -0.2) is 0 Å². The van der Waals surface area contributed by atoms with Crippen LogP contribution in [0.25, 0.3) is 77.5 Å². The Morgan fingerprint density at radius 3 is 1.61 bits per heavy atom. The van der Waals surface area contributed by atoms with E-state index in [1.807, 2.05) is 0 Å². The summed E-state index contributed by atoms with van der Waals surface area (Å²) in [5.41, 5.74) is 26.0. The fraction of sp³-hybridized carbons (Fsp3) is 0.183. The largest absolute Gasteiger partial charge is 0.0651 e. The summed E-state index contributed by atoms with van der Waals surface area (Å²) >= 11 is 0. The summed E-state index contributed by atoms with van der Waals surface area (Å²) in [6.45, 7) is 13.4. The van der Waals surface area contributed by atoms with E-state index in [0.717, 1.165) is 6.42 Å². The summed E-state index contributed by atoms with van der Waals surface area (Å²) in [6.07, 6.45) is 6.32. The maximum absolute atomic E-state index is 2.38. The van der Waals surface area contributed by atoms with Crippen LogP contribution in [0.5, 0.6) is 0 Å². The van der Waals surface area contributed by atoms with Crippen LogP contribution in [0.2, 0.25) is 0 Å². The fourth-order valence-corrected chi connectivity index (χ4v) is 10.9. The van der Waals surface area contributed by atoms with Crippen LogP contribution in [0.4, 0.5) is 0 Å². The molecule has 1 saturated carbocycles. The van der Waals surface area contributed by atoms with Gasteiger partial charge in [-0.1, -0.05) is 263 Å². The molecular weight excluding hydrogens is 853 g/mol. The first-order valence-corrected chi connectivity index (χ1v) is 25.9. The minimum absolute atomic E-state index is 0.0709. The number of hydrogen-bond acceptors (Lipinski definition) is 0. The quantitative estimate of drug-likeness (QED) is 0.142. The highest BCUT2D eigenvalue weighted by molar-refractivity contribution is 5.96. The molecule has 0 spiro atoms. The third-order valence-electron chi connectivity index (χ3n) is 15.2. The van der Waals surface area contributed by atoms with E-state index in [2.05, 4.69) is 266 Å². The Kier molecular flexibility index (Phi) is 13.8. The van der Waals surface area contributed by atoms with Gasteiger partial charge in [0.25, 0.3) is 0 Å². The van der Waals surface area contributed by atoms with Crippen LogP contribution >= 0.6 is 0 Å². The van der Waals surface area contributed by atoms with Gasteiger partial charge in [-0.05, 0) is 157 Å². The van der Waals surface area contributed by atoms with Crippen molar-refractivity contribution >= 4 is 10.8 Å². The van der Waals surface area contributed by atoms with Crippen molar-refractivity contribution in [1.82, 2.24) is 0 Å². The van der Waals surface area contributed by atoms with Crippen LogP contribution in [0.15, 0.2) is 224 Å². The molecule has 0 amide bonds. The molecule has 0 bridgehead atoms. The van der Waals surface area contributed by atoms with Gasteiger partial charge >= 0.3 is 0 Å². The summed E-state index contributed by atoms with van der Waals surface area (Å²) in [4.78, 5) is 0. The van der Waals surface area contributed by atoms with Crippen molar-refractivity contribution in [2.75, 3.05) is 0 Å². The average Bonchev–Trinajstić information content (AvgIpc) is 3.61. The van der Waals surface area contributed by atoms with E-state index < -0.39 is 0 Å². The average molecular weight is 919 g/mol. The molecule has 1 fully saturated rings. The molecule has 0 aromatic heterocycles. The van der Waals surface area contributed by atoms with Gasteiger partial charge in [0.1, 0.15) is 0 Å². The van der Waals surface area contributed by atoms with Crippen LogP contribution < -0.4 is 0 Å². The number of aryl methyl sites for hydroxylation is 4. The smallest absolute Gasteiger partial charge is 0.0159 e. The lowest BCUT2D eigenvalue weighted by molar-refractivity contribution is 0.421. The van der Waals surface area contributed by atoms with Crippen LogP contribution in [0.1, 0.15) is 91.3 Å². The number of benzene rings is 10. The highest BCUT2D eigenvalue weighted by Gasteiger charge is 2.35. The molecule has 0 heterocycles. The maximum atomic E-state index is 2.38. The van der Waals surface area contributed by atoms with Gasteiger partial charge in [0.05, 0.1) is 0 Å². The molecule has 0 N–H and O–H groups in total. The molecule has 12 rings (SSSR count). The van der Waals surface area contributed by atoms with Crippen LogP contribution in [0, 0.1) is 20.8 Å². The van der Waals surface area contributed by atoms with Crippen molar-refractivity contribution in [2.45, 2.75) is 85.0 Å². The second-order valence-electron chi connectivity index (χ2n) is 20.4. The Hall–Kier alpha value is -7.54. The Morgan fingerprint density at radius 1 is 0.394 bits per heavy atom. The molecule has 2 aliphatic carbocycles. The van der Waals surface area contributed by atoms with Crippen LogP contribution in [-0.2, 0) is 11.8 Å². The normalized spacial score (nSPS) is 13.2. The van der Waals surface area contributed by atoms with Crippen LogP contribution in [0.3, 0.4) is 0 Å². The molecule has 2 aliphatic rings. The van der Waals surface area contributed by atoms with Gasteiger partial charge in [0, 0.05) is 5.41 Å². The summed E-state index contributed by atoms with van der Waals surface area (Å²) in [6, 6.07) is 82.1. The van der Waals surface area contributed by atoms with Gasteiger partial charge < -0.3 is 0 Å². The first kappa shape index (κ1) is 47.2. The molecule has 350 valence electrons. The van der Waals surface area contributed by atoms with Gasteiger partial charge in [-0.15, -0.1) is 0 Å². The van der Waals surface area contributed by atoms with Crippen molar-refractivity contribution in [2.24, 2.45) is 0 Å². The molecule has 0 unspecified atom stereocenters. The number of hydrogen-bond donors (Lipinski definition) is 0. The summed E-state index contributed by atoms with van der Waals surface area (Å²) in [5, 5.41) is 2.63. The third-order valence-corrected chi connectivity index (χ3v) is 15.2. The summed E-state index contributed by atoms with van der Waals surface area (Å²) in [5.74, 6) is 0.674. The third kappa shape index (κ3) is 9.95. The molecule has 0 atom stereocenters. The molecule has 71 heavy (non-hydrogen) atoms. The molecule has 10 aromatic rings. The Balaban J connectivity index is 0.000000127. The molecule has 0 nitrogen and oxygen atoms in total. The molecule has 0 radical (unpaired) electrons. The first-order valence-electron chi connectivity index (χ1n) is 25.9. The Labute approximate surface area is 423 Å². The monoisotopic (exact) mass is 919 g/mol. The lowest BCUT2D eigenvalue weighted by Gasteiger charge is -2.31. The predicted octanol–water partition coefficient (Wildman–Crippen LogP) is 20.0. The number of rotatable bonds is 8. The van der Waals surface area contributed by atoms with Crippen molar-refractivity contribution < 1.29 is 0 Å². The second kappa shape index (κ2) is 20.8. The zero-order chi connectivity index (χ0) is 48.9. The molecule has 0 aliphatic heterocycles. The molecule has 10 aromatic carbocycles. The first-order chi connectivity index (χ1) is 34.7. The van der Waals surface area contributed by atoms with E-state index in [4.69, 9.17) is 0 Å². The molecule has 0 saturated heterocycles. The van der Waals surface area contributed by atoms with Gasteiger partial charge in [-0.3, -0.25) is 0 Å². The van der Waals surface area contributed by atoms with Crippen molar-refractivity contribution in [3.05, 3.63) is 263 Å². The van der Waals surface area contributed by atoms with Gasteiger partial charge in [0.15, 0.2) is 0 Å². The minimum atomic E-state index is 0.0709. The fourth-order valence-electron chi connectivity index (χ4n) is 10.9. The van der Waals surface area contributed by atoms with Crippen molar-refractivity contribution in [1.29, 1.82) is 0 Å². The minimum Gasteiger partial charge on any atom is -0.0651 e. The second-order valence-corrected chi connectivity index (χ2v) is 20.4. The van der Waals surface area contributed by atoms with Gasteiger partial charge in [0.2, 0.25) is 0 Å². The van der Waals surface area contributed by atoms with E-state index in [9.17, 15) is 0 Å². The van der Waals surface area contributed by atoms with E-state index in [0.29, 0.717) is 5.92 Å². The van der Waals surface area contributed by atoms with Gasteiger partial charge in [-0.2, -0.15) is 0 Å². The maximum Gasteiger partial charge on any atom is 0.0159 e. The van der Waals surface area contributed by atoms with E-state index in [1.165, 1.54) is 137 Å². The lowest BCUT2D eigenvalue weighted by atomic mass is 9.74. The molecular formula is C71H66. The highest BCUT2D eigenvalue weighted by atomic mass is 14.4.